The van der Waals surface area contributed by atoms with Crippen LogP contribution >= 0.6 is 11.3 Å². The Kier molecular flexibility index (Phi) is 5.63. The summed E-state index contributed by atoms with van der Waals surface area (Å²) in [6, 6.07) is 18.4. The number of esters is 1. The number of aromatic nitrogens is 2. The quantitative estimate of drug-likeness (QED) is 0.435. The van der Waals surface area contributed by atoms with Crippen molar-refractivity contribution in [1.29, 1.82) is 0 Å². The van der Waals surface area contributed by atoms with E-state index in [0.717, 1.165) is 28.3 Å². The third-order valence-corrected chi connectivity index (χ3v) is 5.75. The van der Waals surface area contributed by atoms with Gasteiger partial charge in [-0.05, 0) is 62.4 Å². The number of imidazole rings is 1. The number of para-hydroxylation sites is 2. The molecular weight excluding hydrogens is 398 g/mol. The molecule has 0 spiro atoms. The van der Waals surface area contributed by atoms with Crippen molar-refractivity contribution in [1.82, 2.24) is 9.55 Å². The van der Waals surface area contributed by atoms with Crippen molar-refractivity contribution in [2.75, 3.05) is 11.9 Å². The number of nitrogens with one attached hydrogen (secondary N) is 1. The second-order valence-corrected chi connectivity index (χ2v) is 7.67. The van der Waals surface area contributed by atoms with Crippen molar-refractivity contribution in [3.63, 3.8) is 0 Å². The summed E-state index contributed by atoms with van der Waals surface area (Å²) in [5.74, 6) is 0.285. The average Bonchev–Trinajstić information content (AvgIpc) is 3.39. The van der Waals surface area contributed by atoms with Crippen LogP contribution in [-0.4, -0.2) is 28.0 Å². The Hall–Kier alpha value is -3.45. The molecule has 0 unspecified atom stereocenters. The van der Waals surface area contributed by atoms with Crippen LogP contribution in [0, 0.1) is 0 Å². The van der Waals surface area contributed by atoms with Gasteiger partial charge in [0.25, 0.3) is 5.91 Å². The van der Waals surface area contributed by atoms with Gasteiger partial charge >= 0.3 is 5.97 Å². The van der Waals surface area contributed by atoms with Crippen molar-refractivity contribution in [3.8, 4) is 10.7 Å². The van der Waals surface area contributed by atoms with E-state index in [1.54, 1.807) is 31.2 Å². The van der Waals surface area contributed by atoms with Gasteiger partial charge in [-0.2, -0.15) is 0 Å². The zero-order valence-electron chi connectivity index (χ0n) is 16.7. The van der Waals surface area contributed by atoms with Crippen LogP contribution in [0.4, 0.5) is 5.69 Å². The van der Waals surface area contributed by atoms with Crippen LogP contribution in [0.3, 0.4) is 0 Å². The molecule has 0 atom stereocenters. The normalized spacial score (nSPS) is 10.9. The minimum Gasteiger partial charge on any atom is -0.462 e. The van der Waals surface area contributed by atoms with Crippen LogP contribution in [0.2, 0.25) is 0 Å². The molecule has 0 fully saturated rings. The van der Waals surface area contributed by atoms with Crippen LogP contribution < -0.4 is 5.32 Å². The van der Waals surface area contributed by atoms with Gasteiger partial charge in [-0.3, -0.25) is 4.79 Å². The van der Waals surface area contributed by atoms with E-state index >= 15 is 0 Å². The number of carbonyl (C=O) groups is 2. The number of nitrogens with zero attached hydrogens (tertiary/aromatic N) is 2. The first-order valence-electron chi connectivity index (χ1n) is 9.74. The van der Waals surface area contributed by atoms with Gasteiger partial charge in [0.2, 0.25) is 0 Å². The number of amides is 1. The molecule has 0 aliphatic rings. The molecule has 152 valence electrons. The Morgan fingerprint density at radius 2 is 1.80 bits per heavy atom. The van der Waals surface area contributed by atoms with Crippen molar-refractivity contribution >= 4 is 39.9 Å². The predicted molar refractivity (Wildman–Crippen MR) is 119 cm³/mol. The highest BCUT2D eigenvalue weighted by molar-refractivity contribution is 7.17. The lowest BCUT2D eigenvalue weighted by molar-refractivity contribution is 0.0526. The molecule has 1 N–H and O–H groups in total. The monoisotopic (exact) mass is 419 g/mol. The summed E-state index contributed by atoms with van der Waals surface area (Å²) in [6.45, 7) is 4.96. The molecule has 0 saturated carbocycles. The highest BCUT2D eigenvalue weighted by Gasteiger charge is 2.16. The van der Waals surface area contributed by atoms with Gasteiger partial charge < -0.3 is 14.6 Å². The number of hydrogen-bond donors (Lipinski definition) is 1. The van der Waals surface area contributed by atoms with Gasteiger partial charge in [0.05, 0.1) is 33.0 Å². The first-order valence-corrected chi connectivity index (χ1v) is 10.6. The Morgan fingerprint density at radius 1 is 1.03 bits per heavy atom. The van der Waals surface area contributed by atoms with E-state index in [1.165, 1.54) is 11.3 Å². The molecule has 0 aliphatic carbocycles. The minimum atomic E-state index is -0.378. The third kappa shape index (κ3) is 3.84. The first-order chi connectivity index (χ1) is 14.6. The van der Waals surface area contributed by atoms with Crippen LogP contribution in [0.1, 0.15) is 33.9 Å². The topological polar surface area (TPSA) is 73.2 Å². The van der Waals surface area contributed by atoms with Crippen molar-refractivity contribution in [2.45, 2.75) is 20.4 Å². The summed E-state index contributed by atoms with van der Waals surface area (Å²) in [7, 11) is 0. The molecule has 4 rings (SSSR count). The lowest BCUT2D eigenvalue weighted by Gasteiger charge is -2.06. The van der Waals surface area contributed by atoms with Crippen molar-refractivity contribution in [2.24, 2.45) is 0 Å². The summed E-state index contributed by atoms with van der Waals surface area (Å²) < 4.78 is 7.12. The summed E-state index contributed by atoms with van der Waals surface area (Å²) >= 11 is 1.40. The maximum Gasteiger partial charge on any atom is 0.338 e. The molecule has 30 heavy (non-hydrogen) atoms. The van der Waals surface area contributed by atoms with Gasteiger partial charge in [-0.25, -0.2) is 9.78 Å². The average molecular weight is 420 g/mol. The Bertz CT molecular complexity index is 1210. The molecule has 6 nitrogen and oxygen atoms in total. The molecule has 0 radical (unpaired) electrons. The Balaban J connectivity index is 1.53. The van der Waals surface area contributed by atoms with Crippen molar-refractivity contribution < 1.29 is 14.3 Å². The summed E-state index contributed by atoms with van der Waals surface area (Å²) in [5, 5.41) is 2.87. The summed E-state index contributed by atoms with van der Waals surface area (Å²) in [5.41, 5.74) is 3.09. The van der Waals surface area contributed by atoms with Crippen molar-refractivity contribution in [3.05, 3.63) is 71.1 Å². The van der Waals surface area contributed by atoms with Gasteiger partial charge in [-0.1, -0.05) is 12.1 Å². The van der Waals surface area contributed by atoms with Gasteiger partial charge in [0, 0.05) is 12.2 Å². The molecule has 0 aliphatic heterocycles. The van der Waals surface area contributed by atoms with Gasteiger partial charge in [-0.15, -0.1) is 11.3 Å². The number of thiophene rings is 1. The molecule has 2 aromatic heterocycles. The lowest BCUT2D eigenvalue weighted by Crippen LogP contribution is -2.10. The summed E-state index contributed by atoms with van der Waals surface area (Å²) in [4.78, 5) is 30.7. The minimum absolute atomic E-state index is 0.200. The highest BCUT2D eigenvalue weighted by atomic mass is 32.1. The number of anilines is 1. The van der Waals surface area contributed by atoms with Crippen LogP contribution in [0.25, 0.3) is 21.7 Å². The van der Waals surface area contributed by atoms with E-state index in [0.29, 0.717) is 22.7 Å². The summed E-state index contributed by atoms with van der Waals surface area (Å²) in [6.07, 6.45) is 0. The molecule has 4 aromatic rings. The fraction of sp³-hybridized carbons (Fsp3) is 0.174. The molecule has 2 heterocycles. The van der Waals surface area contributed by atoms with E-state index in [-0.39, 0.29) is 11.9 Å². The molecule has 2 aromatic carbocycles. The fourth-order valence-corrected chi connectivity index (χ4v) is 4.16. The van der Waals surface area contributed by atoms with Crippen LogP contribution in [-0.2, 0) is 11.3 Å². The van der Waals surface area contributed by atoms with E-state index < -0.39 is 0 Å². The number of rotatable bonds is 6. The fourth-order valence-electron chi connectivity index (χ4n) is 3.26. The predicted octanol–water partition coefficient (Wildman–Crippen LogP) is 5.21. The van der Waals surface area contributed by atoms with Crippen LogP contribution in [0.15, 0.2) is 60.7 Å². The molecule has 0 saturated heterocycles. The number of carbonyl (C=O) groups excluding carboxylic acids is 2. The molecule has 7 heteroatoms. The number of fused-ring (bicyclic) bond motifs is 1. The van der Waals surface area contributed by atoms with E-state index in [9.17, 15) is 9.59 Å². The Morgan fingerprint density at radius 3 is 2.53 bits per heavy atom. The molecule has 1 amide bonds. The second-order valence-electron chi connectivity index (χ2n) is 6.58. The van der Waals surface area contributed by atoms with Crippen LogP contribution in [0.5, 0.6) is 0 Å². The maximum atomic E-state index is 12.7. The Labute approximate surface area is 178 Å². The van der Waals surface area contributed by atoms with Gasteiger partial charge in [0.15, 0.2) is 5.82 Å². The SMILES string of the molecule is CCOC(=O)c1ccc(NC(=O)c2ccc(-c3nc4ccccc4n3CC)s2)cc1. The molecule has 0 bridgehead atoms. The first kappa shape index (κ1) is 19.8. The standard InChI is InChI=1S/C23H21N3O3S/c1-3-26-18-8-6-5-7-17(18)25-21(26)19-13-14-20(30-19)22(27)24-16-11-9-15(10-12-16)23(28)29-4-2/h5-14H,3-4H2,1-2H3,(H,24,27). The van der Waals surface area contributed by atoms with E-state index in [2.05, 4.69) is 22.9 Å². The lowest BCUT2D eigenvalue weighted by atomic mass is 10.2. The maximum absolute atomic E-state index is 12.7. The van der Waals surface area contributed by atoms with E-state index in [4.69, 9.17) is 9.72 Å². The smallest absolute Gasteiger partial charge is 0.338 e. The molecular formula is C23H21N3O3S. The number of benzene rings is 2. The second kappa shape index (κ2) is 8.51. The third-order valence-electron chi connectivity index (χ3n) is 4.67. The zero-order chi connectivity index (χ0) is 21.1. The number of hydrogen-bond acceptors (Lipinski definition) is 5. The van der Waals surface area contributed by atoms with E-state index in [1.807, 2.05) is 30.3 Å². The number of ether oxygens (including phenoxy) is 1. The largest absolute Gasteiger partial charge is 0.462 e. The number of aryl methyl sites for hydroxylation is 1. The highest BCUT2D eigenvalue weighted by Crippen LogP contribution is 2.31. The van der Waals surface area contributed by atoms with Gasteiger partial charge in [0.1, 0.15) is 0 Å². The zero-order valence-corrected chi connectivity index (χ0v) is 17.5.